The maximum Gasteiger partial charge on any atom is 0.248 e. The van der Waals surface area contributed by atoms with Crippen molar-refractivity contribution in [2.75, 3.05) is 44.0 Å². The number of nitrogens with one attached hydrogen (secondary N) is 3. The van der Waals surface area contributed by atoms with Gasteiger partial charge in [0, 0.05) is 18.7 Å². The van der Waals surface area contributed by atoms with E-state index in [4.69, 9.17) is 14.2 Å². The number of ether oxygens (including phenoxy) is 3. The van der Waals surface area contributed by atoms with Crippen LogP contribution in [0.25, 0.3) is 11.1 Å². The topological polar surface area (TPSA) is 128 Å². The molecule has 0 unspecified atom stereocenters. The van der Waals surface area contributed by atoms with Crippen molar-refractivity contribution >= 4 is 35.1 Å². The first-order chi connectivity index (χ1) is 20.3. The van der Waals surface area contributed by atoms with Crippen molar-refractivity contribution in [3.63, 3.8) is 0 Å². The summed E-state index contributed by atoms with van der Waals surface area (Å²) in [5.74, 6) is 2.05. The summed E-state index contributed by atoms with van der Waals surface area (Å²) in [5, 5.41) is 9.02. The van der Waals surface area contributed by atoms with E-state index in [-0.39, 0.29) is 22.9 Å². The lowest BCUT2D eigenvalue weighted by Gasteiger charge is -2.19. The number of hydrogen-bond acceptors (Lipinski definition) is 9. The van der Waals surface area contributed by atoms with Gasteiger partial charge in [0.15, 0.2) is 11.5 Å². The zero-order valence-corrected chi connectivity index (χ0v) is 25.2. The van der Waals surface area contributed by atoms with E-state index in [0.717, 1.165) is 11.1 Å². The van der Waals surface area contributed by atoms with Gasteiger partial charge in [0.05, 0.1) is 33.1 Å². The average molecular weight is 593 g/mol. The second kappa shape index (κ2) is 14.1. The van der Waals surface area contributed by atoms with Crippen molar-refractivity contribution in [1.29, 1.82) is 0 Å². The lowest BCUT2D eigenvalue weighted by atomic mass is 9.95. The van der Waals surface area contributed by atoms with Crippen molar-refractivity contribution < 1.29 is 23.8 Å². The van der Waals surface area contributed by atoms with Gasteiger partial charge in [-0.15, -0.1) is 0 Å². The van der Waals surface area contributed by atoms with E-state index in [2.05, 4.69) is 20.9 Å². The standard InChI is InChI=1S/C31H36N4O6S/c1-18(36)33-22-11-9-19-16-26(39-2)29(40-3)30(41-4)28(19)20-10-12-23(25(37)17-21(20)22)34-24(13-15-42-5)31(38)35-27-8-6-7-14-32-27/h6-8,10,12,14,16-17,22,24H,9,11,13,15H2,1-5H3,(H,33,36)(H,34,37)(H,32,35,38)/t22-,24+/m1/s1. The summed E-state index contributed by atoms with van der Waals surface area (Å²) < 4.78 is 17.1. The average Bonchev–Trinajstić information content (AvgIpc) is 3.22. The number of pyridine rings is 1. The summed E-state index contributed by atoms with van der Waals surface area (Å²) in [6.45, 7) is 1.45. The largest absolute Gasteiger partial charge is 0.493 e. The van der Waals surface area contributed by atoms with Crippen molar-refractivity contribution in [3.8, 4) is 28.4 Å². The van der Waals surface area contributed by atoms with Gasteiger partial charge < -0.3 is 30.2 Å². The summed E-state index contributed by atoms with van der Waals surface area (Å²) in [6.07, 6.45) is 5.19. The molecule has 1 aliphatic rings. The summed E-state index contributed by atoms with van der Waals surface area (Å²) >= 11 is 1.61. The van der Waals surface area contributed by atoms with Crippen molar-refractivity contribution in [3.05, 3.63) is 70.0 Å². The number of fused-ring (bicyclic) bond motifs is 3. The predicted octanol–water partition coefficient (Wildman–Crippen LogP) is 4.43. The van der Waals surface area contributed by atoms with Crippen LogP contribution in [0.3, 0.4) is 0 Å². The maximum atomic E-state index is 13.7. The molecular weight excluding hydrogens is 556 g/mol. The van der Waals surface area contributed by atoms with E-state index in [0.29, 0.717) is 59.2 Å². The molecule has 2 atom stereocenters. The maximum absolute atomic E-state index is 13.7. The van der Waals surface area contributed by atoms with Gasteiger partial charge in [-0.3, -0.25) is 14.4 Å². The van der Waals surface area contributed by atoms with Gasteiger partial charge in [-0.05, 0) is 78.3 Å². The molecule has 42 heavy (non-hydrogen) atoms. The Morgan fingerprint density at radius 2 is 1.86 bits per heavy atom. The molecule has 2 aromatic carbocycles. The number of nitrogens with zero attached hydrogens (tertiary/aromatic N) is 1. The Morgan fingerprint density at radius 3 is 2.50 bits per heavy atom. The summed E-state index contributed by atoms with van der Waals surface area (Å²) in [7, 11) is 4.66. The first-order valence-corrected chi connectivity index (χ1v) is 15.0. The van der Waals surface area contributed by atoms with Crippen LogP contribution in [0.15, 0.2) is 53.5 Å². The molecule has 0 bridgehead atoms. The fourth-order valence-corrected chi connectivity index (χ4v) is 5.64. The number of methoxy groups -OCH3 is 3. The van der Waals surface area contributed by atoms with Crippen LogP contribution in [0.4, 0.5) is 11.5 Å². The molecule has 3 aromatic rings. The Labute approximate surface area is 249 Å². The van der Waals surface area contributed by atoms with Gasteiger partial charge in [0.2, 0.25) is 23.0 Å². The minimum atomic E-state index is -0.688. The Bertz CT molecular complexity index is 1500. The van der Waals surface area contributed by atoms with E-state index < -0.39 is 12.1 Å². The minimum absolute atomic E-state index is 0.209. The van der Waals surface area contributed by atoms with Crippen molar-refractivity contribution in [2.45, 2.75) is 38.3 Å². The lowest BCUT2D eigenvalue weighted by molar-refractivity contribution is -0.120. The van der Waals surface area contributed by atoms with Gasteiger partial charge in [0.25, 0.3) is 0 Å². The minimum Gasteiger partial charge on any atom is -0.493 e. The highest BCUT2D eigenvalue weighted by atomic mass is 32.2. The number of carbonyl (C=O) groups is 2. The Balaban J connectivity index is 1.85. The molecule has 3 N–H and O–H groups in total. The molecule has 0 fully saturated rings. The second-order valence-electron chi connectivity index (χ2n) is 9.78. The van der Waals surface area contributed by atoms with E-state index in [1.54, 1.807) is 56.4 Å². The van der Waals surface area contributed by atoms with Crippen molar-refractivity contribution in [2.24, 2.45) is 0 Å². The number of anilines is 2. The summed E-state index contributed by atoms with van der Waals surface area (Å²) in [5.41, 5.74) is 2.99. The number of amides is 2. The molecule has 0 radical (unpaired) electrons. The number of aryl methyl sites for hydroxylation is 1. The molecule has 222 valence electrons. The molecule has 0 aliphatic heterocycles. The Kier molecular flexibility index (Phi) is 10.3. The van der Waals surface area contributed by atoms with Crippen molar-refractivity contribution in [1.82, 2.24) is 10.3 Å². The molecule has 1 aromatic heterocycles. The lowest BCUT2D eigenvalue weighted by Crippen LogP contribution is -2.36. The summed E-state index contributed by atoms with van der Waals surface area (Å²) in [4.78, 5) is 43.4. The molecule has 11 heteroatoms. The Hall–Kier alpha value is -4.25. The van der Waals surface area contributed by atoms with Crippen LogP contribution < -0.4 is 35.6 Å². The molecular formula is C31H36N4O6S. The second-order valence-corrected chi connectivity index (χ2v) is 10.8. The zero-order chi connectivity index (χ0) is 30.2. The fraction of sp³-hybridized carbons (Fsp3) is 0.355. The molecule has 0 saturated carbocycles. The first kappa shape index (κ1) is 30.7. The molecule has 0 spiro atoms. The number of benzene rings is 1. The highest BCUT2D eigenvalue weighted by Crippen LogP contribution is 2.50. The number of hydrogen-bond donors (Lipinski definition) is 3. The van der Waals surface area contributed by atoms with Gasteiger partial charge in [-0.1, -0.05) is 12.1 Å². The number of thioether (sulfide) groups is 1. The van der Waals surface area contributed by atoms with E-state index in [1.165, 1.54) is 20.1 Å². The first-order valence-electron chi connectivity index (χ1n) is 13.6. The molecule has 1 aliphatic carbocycles. The van der Waals surface area contributed by atoms with Crippen LogP contribution >= 0.6 is 11.8 Å². The van der Waals surface area contributed by atoms with Crippen LogP contribution in [0.5, 0.6) is 17.2 Å². The van der Waals surface area contributed by atoms with Gasteiger partial charge in [0.1, 0.15) is 11.9 Å². The molecule has 2 amide bonds. The highest BCUT2D eigenvalue weighted by Gasteiger charge is 2.30. The summed E-state index contributed by atoms with van der Waals surface area (Å²) in [6, 6.07) is 11.1. The number of rotatable bonds is 11. The quantitative estimate of drug-likeness (QED) is 0.296. The van der Waals surface area contributed by atoms with Gasteiger partial charge in [-0.25, -0.2) is 4.98 Å². The van der Waals surface area contributed by atoms with E-state index in [1.807, 2.05) is 18.4 Å². The molecule has 1 heterocycles. The molecule has 10 nitrogen and oxygen atoms in total. The van der Waals surface area contributed by atoms with E-state index in [9.17, 15) is 14.4 Å². The van der Waals surface area contributed by atoms with Gasteiger partial charge >= 0.3 is 0 Å². The Morgan fingerprint density at radius 1 is 1.07 bits per heavy atom. The SMILES string of the molecule is COc1cc2c(c(OC)c1OC)-c1ccc(N[C@@H](CCSC)C(=O)Nc3ccccn3)c(=O)cc1[C@H](NC(C)=O)CC2. The molecule has 0 saturated heterocycles. The van der Waals surface area contributed by atoms with Crippen LogP contribution in [0.2, 0.25) is 0 Å². The highest BCUT2D eigenvalue weighted by molar-refractivity contribution is 7.98. The number of carbonyl (C=O) groups excluding carboxylic acids is 2. The smallest absolute Gasteiger partial charge is 0.248 e. The fourth-order valence-electron chi connectivity index (χ4n) is 5.17. The van der Waals surface area contributed by atoms with Crippen LogP contribution in [-0.4, -0.2) is 56.2 Å². The molecule has 4 rings (SSSR count). The van der Waals surface area contributed by atoms with Crippen LogP contribution in [-0.2, 0) is 16.0 Å². The van der Waals surface area contributed by atoms with Crippen LogP contribution in [0, 0.1) is 0 Å². The van der Waals surface area contributed by atoms with E-state index >= 15 is 0 Å². The third-order valence-electron chi connectivity index (χ3n) is 7.09. The number of aromatic nitrogens is 1. The predicted molar refractivity (Wildman–Crippen MR) is 166 cm³/mol. The monoisotopic (exact) mass is 592 g/mol. The third-order valence-corrected chi connectivity index (χ3v) is 7.73. The normalized spacial score (nSPS) is 14.4. The zero-order valence-electron chi connectivity index (χ0n) is 24.4. The van der Waals surface area contributed by atoms with Crippen LogP contribution in [0.1, 0.15) is 36.9 Å². The third kappa shape index (κ3) is 6.79. The van der Waals surface area contributed by atoms with Gasteiger partial charge in [-0.2, -0.15) is 11.8 Å².